The molecule has 13 heavy (non-hydrogen) atoms. The van der Waals surface area contributed by atoms with Gasteiger partial charge < -0.3 is 0 Å². The number of isothiocyanates is 1. The first-order chi connectivity index (χ1) is 6.15. The van der Waals surface area contributed by atoms with E-state index in [1.54, 1.807) is 0 Å². The molecule has 0 aliphatic carbocycles. The van der Waals surface area contributed by atoms with E-state index < -0.39 is 5.91 Å². The maximum absolute atomic E-state index is 11.1. The Bertz CT molecular complexity index is 403. The summed E-state index contributed by atoms with van der Waals surface area (Å²) in [6.07, 6.45) is 1.18. The molecule has 0 N–H and O–H groups in total. The fraction of sp³-hybridized carbons (Fsp3) is 0. The van der Waals surface area contributed by atoms with E-state index in [1.165, 1.54) is 6.20 Å². The van der Waals surface area contributed by atoms with Crippen molar-refractivity contribution in [2.75, 3.05) is 0 Å². The average Bonchev–Trinajstić information content (AvgIpc) is 2.04. The van der Waals surface area contributed by atoms with Crippen LogP contribution in [0.4, 0.5) is 0 Å². The highest BCUT2D eigenvalue weighted by Crippen LogP contribution is 2.14. The number of nitrogens with zero attached hydrogens (tertiary/aromatic N) is 3. The number of halogens is 2. The molecule has 1 heterocycles. The Kier molecular flexibility index (Phi) is 3.45. The van der Waals surface area contributed by atoms with E-state index in [0.717, 1.165) is 0 Å². The maximum Gasteiger partial charge on any atom is 0.290 e. The lowest BCUT2D eigenvalue weighted by Gasteiger charge is -1.95. The molecule has 0 saturated heterocycles. The van der Waals surface area contributed by atoms with Crippen LogP contribution in [0.2, 0.25) is 10.4 Å². The molecule has 1 rings (SSSR count). The number of amides is 1. The Labute approximate surface area is 88.6 Å². The third-order valence-electron chi connectivity index (χ3n) is 1.09. The number of carbonyl (C=O) groups excluding carboxylic acids is 1. The lowest BCUT2D eigenvalue weighted by Crippen LogP contribution is -1.98. The second-order valence-corrected chi connectivity index (χ2v) is 2.73. The van der Waals surface area contributed by atoms with Gasteiger partial charge in [-0.05, 0) is 23.8 Å². The average molecular weight is 234 g/mol. The molecule has 0 bridgehead atoms. The quantitative estimate of drug-likeness (QED) is 0.323. The number of thiocarbonyl (C=S) groups is 1. The molecular weight excluding hydrogens is 233 g/mol. The van der Waals surface area contributed by atoms with E-state index in [0.29, 0.717) is 0 Å². The summed E-state index contributed by atoms with van der Waals surface area (Å²) in [5.74, 6) is -0.642. The first-order valence-corrected chi connectivity index (χ1v) is 4.12. The smallest absolute Gasteiger partial charge is 0.266 e. The van der Waals surface area contributed by atoms with Crippen LogP contribution in [0.5, 0.6) is 0 Å². The molecule has 7 heteroatoms. The number of hydrogen-bond acceptors (Lipinski definition) is 4. The Morgan fingerprint density at radius 3 is 2.85 bits per heavy atom. The highest BCUT2D eigenvalue weighted by molar-refractivity contribution is 7.78. The fourth-order valence-corrected chi connectivity index (χ4v) is 1.06. The second-order valence-electron chi connectivity index (χ2n) is 1.85. The normalized spacial score (nSPS) is 9.08. The van der Waals surface area contributed by atoms with E-state index in [1.807, 2.05) is 5.16 Å². The highest BCUT2D eigenvalue weighted by atomic mass is 35.5. The lowest BCUT2D eigenvalue weighted by atomic mass is 10.3. The Hall–Kier alpha value is -0.870. The van der Waals surface area contributed by atoms with Crippen molar-refractivity contribution < 1.29 is 4.79 Å². The van der Waals surface area contributed by atoms with Gasteiger partial charge in [-0.3, -0.25) is 4.79 Å². The molecule has 0 unspecified atom stereocenters. The van der Waals surface area contributed by atoms with Gasteiger partial charge in [-0.2, -0.15) is 4.99 Å². The largest absolute Gasteiger partial charge is 0.290 e. The van der Waals surface area contributed by atoms with Gasteiger partial charge in [0.05, 0.1) is 10.7 Å². The molecule has 0 spiro atoms. The van der Waals surface area contributed by atoms with Gasteiger partial charge in [-0.15, -0.1) is 0 Å². The summed E-state index contributed by atoms with van der Waals surface area (Å²) in [5, 5.41) is 1.83. The number of hydrogen-bond donors (Lipinski definition) is 0. The number of aromatic nitrogens is 2. The van der Waals surface area contributed by atoms with Crippen LogP contribution in [0.25, 0.3) is 0 Å². The van der Waals surface area contributed by atoms with Crippen LogP contribution in [-0.2, 0) is 0 Å². The minimum atomic E-state index is -0.642. The molecule has 0 radical (unpaired) electrons. The Morgan fingerprint density at radius 2 is 2.31 bits per heavy atom. The second kappa shape index (κ2) is 4.39. The lowest BCUT2D eigenvalue weighted by molar-refractivity contribution is 0.100. The van der Waals surface area contributed by atoms with Gasteiger partial charge >= 0.3 is 0 Å². The first kappa shape index (κ1) is 10.2. The summed E-state index contributed by atoms with van der Waals surface area (Å²) in [7, 11) is 0. The zero-order valence-corrected chi connectivity index (χ0v) is 8.32. The first-order valence-electron chi connectivity index (χ1n) is 2.95. The molecule has 0 atom stereocenters. The summed E-state index contributed by atoms with van der Waals surface area (Å²) in [5.41, 5.74) is 0.0448. The summed E-state index contributed by atoms with van der Waals surface area (Å²) < 4.78 is 0. The minimum absolute atomic E-state index is 0.0344. The molecule has 0 aromatic carbocycles. The van der Waals surface area contributed by atoms with Gasteiger partial charge in [0.1, 0.15) is 5.15 Å². The molecule has 0 aliphatic heterocycles. The highest BCUT2D eigenvalue weighted by Gasteiger charge is 2.11. The number of rotatable bonds is 1. The van der Waals surface area contributed by atoms with Crippen molar-refractivity contribution in [3.05, 3.63) is 22.2 Å². The van der Waals surface area contributed by atoms with E-state index in [4.69, 9.17) is 23.2 Å². The Balaban J connectivity index is 3.16. The zero-order valence-electron chi connectivity index (χ0n) is 5.99. The van der Waals surface area contributed by atoms with Crippen LogP contribution in [0, 0.1) is 0 Å². The van der Waals surface area contributed by atoms with Crippen LogP contribution in [0.1, 0.15) is 10.4 Å². The summed E-state index contributed by atoms with van der Waals surface area (Å²) in [4.78, 5) is 21.4. The predicted octanol–water partition coefficient (Wildman–Crippen LogP) is 2.03. The zero-order chi connectivity index (χ0) is 9.84. The molecule has 0 fully saturated rings. The van der Waals surface area contributed by atoms with Crippen LogP contribution in [0.3, 0.4) is 0 Å². The van der Waals surface area contributed by atoms with Gasteiger partial charge in [-0.1, -0.05) is 11.6 Å². The summed E-state index contributed by atoms with van der Waals surface area (Å²) in [6.45, 7) is 0. The standard InChI is InChI=1S/C6HCl2N3OS/c7-4-3(5(12)10-2-13)1-9-6(8)11-4/h1H. The minimum Gasteiger partial charge on any atom is -0.266 e. The maximum atomic E-state index is 11.1. The van der Waals surface area contributed by atoms with Crippen LogP contribution >= 0.6 is 35.4 Å². The molecule has 0 saturated carbocycles. The molecule has 4 nitrogen and oxygen atoms in total. The number of aliphatic imine (C=N–C) groups is 1. The molecule has 0 aliphatic rings. The fourth-order valence-electron chi connectivity index (χ4n) is 0.586. The van der Waals surface area contributed by atoms with Crippen LogP contribution in [-0.4, -0.2) is 21.0 Å². The third-order valence-corrected chi connectivity index (χ3v) is 1.65. The molecule has 66 valence electrons. The van der Waals surface area contributed by atoms with Crippen LogP contribution in [0.15, 0.2) is 11.2 Å². The van der Waals surface area contributed by atoms with E-state index in [9.17, 15) is 4.79 Å². The van der Waals surface area contributed by atoms with Gasteiger partial charge in [0.15, 0.2) is 0 Å². The molecular formula is C6HCl2N3OS. The van der Waals surface area contributed by atoms with Crippen molar-refractivity contribution in [1.82, 2.24) is 9.97 Å². The van der Waals surface area contributed by atoms with Crippen LogP contribution < -0.4 is 0 Å². The Morgan fingerprint density at radius 1 is 1.62 bits per heavy atom. The molecule has 1 amide bonds. The van der Waals surface area contributed by atoms with Crippen molar-refractivity contribution in [2.45, 2.75) is 0 Å². The van der Waals surface area contributed by atoms with Gasteiger partial charge in [-0.25, -0.2) is 9.97 Å². The SMILES string of the molecule is O=C(N=C=S)c1cnc(Cl)nc1Cl. The molecule has 1 aromatic rings. The predicted molar refractivity (Wildman–Crippen MR) is 51.4 cm³/mol. The van der Waals surface area contributed by atoms with Crippen molar-refractivity contribution in [2.24, 2.45) is 4.99 Å². The number of carbonyl (C=O) groups is 1. The van der Waals surface area contributed by atoms with Gasteiger partial charge in [0.25, 0.3) is 5.91 Å². The van der Waals surface area contributed by atoms with E-state index in [-0.39, 0.29) is 16.0 Å². The monoisotopic (exact) mass is 233 g/mol. The third kappa shape index (κ3) is 2.54. The summed E-state index contributed by atoms with van der Waals surface area (Å²) in [6, 6.07) is 0. The summed E-state index contributed by atoms with van der Waals surface area (Å²) >= 11 is 15.2. The van der Waals surface area contributed by atoms with Crippen molar-refractivity contribution in [3.8, 4) is 0 Å². The van der Waals surface area contributed by atoms with Gasteiger partial charge in [0, 0.05) is 6.20 Å². The van der Waals surface area contributed by atoms with Crippen molar-refractivity contribution in [3.63, 3.8) is 0 Å². The van der Waals surface area contributed by atoms with Gasteiger partial charge in [0.2, 0.25) is 5.28 Å². The topological polar surface area (TPSA) is 55.2 Å². The molecule has 1 aromatic heterocycles. The van der Waals surface area contributed by atoms with Crippen molar-refractivity contribution >= 4 is 46.5 Å². The van der Waals surface area contributed by atoms with E-state index in [2.05, 4.69) is 27.2 Å². The van der Waals surface area contributed by atoms with E-state index >= 15 is 0 Å². The van der Waals surface area contributed by atoms with Crippen molar-refractivity contribution in [1.29, 1.82) is 0 Å².